The third kappa shape index (κ3) is 31.8. The molecule has 0 spiro atoms. The van der Waals surface area contributed by atoms with Crippen LogP contribution in [0, 0.1) is 0 Å². The van der Waals surface area contributed by atoms with Gasteiger partial charge in [-0.2, -0.15) is 8.42 Å². The Kier molecular flexibility index (Phi) is 32.7. The molecule has 0 heterocycles. The Morgan fingerprint density at radius 3 is 1.14 bits per heavy atom. The zero-order chi connectivity index (χ0) is 25.7. The van der Waals surface area contributed by atoms with E-state index in [1.165, 1.54) is 116 Å². The fourth-order valence-electron chi connectivity index (χ4n) is 4.68. The van der Waals surface area contributed by atoms with Crippen molar-refractivity contribution in [3.05, 3.63) is 0 Å². The lowest BCUT2D eigenvalue weighted by Gasteiger charge is -2.06. The number of unbranched alkanes of at least 4 members (excludes halogenated alkanes) is 24. The second-order valence-electron chi connectivity index (χ2n) is 10.6. The van der Waals surface area contributed by atoms with Crippen LogP contribution in [0.15, 0.2) is 0 Å². The van der Waals surface area contributed by atoms with E-state index in [0.29, 0.717) is 19.4 Å². The first-order chi connectivity index (χ1) is 17.1. The molecule has 0 radical (unpaired) electrons. The molecule has 0 unspecified atom stereocenters. The average molecular weight is 538 g/mol. The predicted molar refractivity (Wildman–Crippen MR) is 156 cm³/mol. The lowest BCUT2D eigenvalue weighted by atomic mass is 10.0. The van der Waals surface area contributed by atoms with Crippen molar-refractivity contribution >= 4 is 10.1 Å². The van der Waals surface area contributed by atoms with Gasteiger partial charge in [-0.15, -0.1) is 0 Å². The summed E-state index contributed by atoms with van der Waals surface area (Å²) in [5.74, 6) is 0.162. The van der Waals surface area contributed by atoms with Gasteiger partial charge in [-0.1, -0.05) is 155 Å². The summed E-state index contributed by atoms with van der Waals surface area (Å²) in [4.78, 5) is 0. The summed E-state index contributed by atoms with van der Waals surface area (Å²) in [5.41, 5.74) is 0. The predicted octanol–water partition coefficient (Wildman–Crippen LogP) is 10.6. The summed E-state index contributed by atoms with van der Waals surface area (Å²) in [6, 6.07) is 0. The fourth-order valence-corrected chi connectivity index (χ4v) is 5.73. The lowest BCUT2D eigenvalue weighted by molar-refractivity contribution is 0.305. The van der Waals surface area contributed by atoms with Crippen LogP contribution < -0.4 is 6.15 Å². The molecule has 0 aliphatic heterocycles. The topological polar surface area (TPSA) is 78.4 Å². The molecule has 36 heavy (non-hydrogen) atoms. The molecule has 0 amide bonds. The van der Waals surface area contributed by atoms with E-state index in [9.17, 15) is 12.8 Å². The van der Waals surface area contributed by atoms with Gasteiger partial charge in [-0.25, -0.2) is 0 Å². The van der Waals surface area contributed by atoms with Gasteiger partial charge in [0, 0.05) is 0 Å². The molecule has 0 aliphatic carbocycles. The van der Waals surface area contributed by atoms with Crippen LogP contribution in [0.5, 0.6) is 0 Å². The number of alkyl halides is 1. The van der Waals surface area contributed by atoms with E-state index in [2.05, 4.69) is 6.92 Å². The van der Waals surface area contributed by atoms with Crippen molar-refractivity contribution in [3.63, 3.8) is 0 Å². The van der Waals surface area contributed by atoms with Crippen molar-refractivity contribution < 1.29 is 17.0 Å². The van der Waals surface area contributed by atoms with Gasteiger partial charge in [-0.3, -0.25) is 8.57 Å². The SMILES string of the molecule is CCCCCCCCCCCCCCCCCCOS(=O)(=O)CCCCCCCCCCCCF.N. The van der Waals surface area contributed by atoms with Gasteiger partial charge < -0.3 is 6.15 Å². The molecule has 0 atom stereocenters. The van der Waals surface area contributed by atoms with E-state index in [0.717, 1.165) is 38.5 Å². The smallest absolute Gasteiger partial charge is 0.267 e. The maximum Gasteiger partial charge on any atom is 0.267 e. The van der Waals surface area contributed by atoms with Crippen molar-refractivity contribution in [2.75, 3.05) is 19.0 Å². The molecule has 0 aromatic rings. The summed E-state index contributed by atoms with van der Waals surface area (Å²) in [6.07, 6.45) is 31.5. The van der Waals surface area contributed by atoms with E-state index in [4.69, 9.17) is 4.18 Å². The van der Waals surface area contributed by atoms with Gasteiger partial charge in [0.1, 0.15) is 0 Å². The molecule has 220 valence electrons. The van der Waals surface area contributed by atoms with Crippen LogP contribution in [0.1, 0.15) is 174 Å². The highest BCUT2D eigenvalue weighted by molar-refractivity contribution is 7.86. The number of halogens is 1. The Bertz CT molecular complexity index is 502. The largest absolute Gasteiger partial charge is 0.344 e. The molecule has 6 heteroatoms. The van der Waals surface area contributed by atoms with E-state index in [-0.39, 0.29) is 18.6 Å². The fraction of sp³-hybridized carbons (Fsp3) is 1.00. The van der Waals surface area contributed by atoms with Gasteiger partial charge in [0.2, 0.25) is 0 Å². The van der Waals surface area contributed by atoms with E-state index >= 15 is 0 Å². The Balaban J connectivity index is 0. The third-order valence-corrected chi connectivity index (χ3v) is 8.35. The van der Waals surface area contributed by atoms with Crippen LogP contribution in [0.25, 0.3) is 0 Å². The van der Waals surface area contributed by atoms with Crippen molar-refractivity contribution in [1.29, 1.82) is 0 Å². The number of hydrogen-bond donors (Lipinski definition) is 1. The van der Waals surface area contributed by atoms with Crippen LogP contribution in [0.3, 0.4) is 0 Å². The number of hydrogen-bond acceptors (Lipinski definition) is 4. The molecule has 4 nitrogen and oxygen atoms in total. The highest BCUT2D eigenvalue weighted by Crippen LogP contribution is 2.14. The normalized spacial score (nSPS) is 11.6. The monoisotopic (exact) mass is 537 g/mol. The summed E-state index contributed by atoms with van der Waals surface area (Å²) >= 11 is 0. The highest BCUT2D eigenvalue weighted by atomic mass is 32.2. The van der Waals surface area contributed by atoms with Crippen LogP contribution in [0.4, 0.5) is 4.39 Å². The van der Waals surface area contributed by atoms with Gasteiger partial charge in [0.25, 0.3) is 10.1 Å². The first-order valence-corrected chi connectivity index (χ1v) is 17.1. The summed E-state index contributed by atoms with van der Waals surface area (Å²) in [6.45, 7) is 2.44. The van der Waals surface area contributed by atoms with Gasteiger partial charge >= 0.3 is 0 Å². The molecular formula is C30H64FNO3S. The Morgan fingerprint density at radius 2 is 0.778 bits per heavy atom. The van der Waals surface area contributed by atoms with Crippen molar-refractivity contribution in [3.8, 4) is 0 Å². The molecule has 0 aliphatic rings. The van der Waals surface area contributed by atoms with Crippen molar-refractivity contribution in [2.24, 2.45) is 0 Å². The summed E-state index contributed by atoms with van der Waals surface area (Å²) in [7, 11) is -3.34. The van der Waals surface area contributed by atoms with Crippen LogP contribution in [-0.2, 0) is 14.3 Å². The highest BCUT2D eigenvalue weighted by Gasteiger charge is 2.10. The molecule has 0 saturated carbocycles. The summed E-state index contributed by atoms with van der Waals surface area (Å²) < 4.78 is 41.2. The van der Waals surface area contributed by atoms with E-state index in [1.54, 1.807) is 0 Å². The minimum absolute atomic E-state index is 0. The van der Waals surface area contributed by atoms with Gasteiger partial charge in [-0.05, 0) is 19.3 Å². The zero-order valence-electron chi connectivity index (χ0n) is 24.2. The molecular weight excluding hydrogens is 473 g/mol. The first kappa shape index (κ1) is 37.9. The van der Waals surface area contributed by atoms with Crippen LogP contribution in [-0.4, -0.2) is 27.5 Å². The standard InChI is InChI=1S/C30H61FO3S.H3N/c1-2-3-4-5-6-7-8-9-10-11-12-14-17-20-23-26-29-34-35(32,33)30-27-24-21-18-15-13-16-19-22-25-28-31;/h2-30H2,1H3;1H3. The first-order valence-electron chi connectivity index (χ1n) is 15.6. The Morgan fingerprint density at radius 1 is 0.472 bits per heavy atom. The molecule has 0 rings (SSSR count). The Labute approximate surface area is 226 Å². The maximum atomic E-state index is 12.0. The minimum Gasteiger partial charge on any atom is -0.344 e. The second-order valence-corrected chi connectivity index (χ2v) is 12.4. The minimum atomic E-state index is -3.34. The number of rotatable bonds is 30. The molecule has 0 saturated heterocycles. The van der Waals surface area contributed by atoms with Gasteiger partial charge in [0.05, 0.1) is 19.0 Å². The maximum absolute atomic E-state index is 12.0. The quantitative estimate of drug-likeness (QED) is 0.0730. The zero-order valence-corrected chi connectivity index (χ0v) is 25.0. The molecule has 3 N–H and O–H groups in total. The van der Waals surface area contributed by atoms with Crippen molar-refractivity contribution in [2.45, 2.75) is 174 Å². The van der Waals surface area contributed by atoms with Crippen LogP contribution in [0.2, 0.25) is 0 Å². The Hall–Kier alpha value is -0.200. The van der Waals surface area contributed by atoms with E-state index < -0.39 is 10.1 Å². The van der Waals surface area contributed by atoms with E-state index in [1.807, 2.05) is 0 Å². The lowest BCUT2D eigenvalue weighted by Crippen LogP contribution is -2.11. The molecule has 0 bridgehead atoms. The molecule has 0 fully saturated rings. The summed E-state index contributed by atoms with van der Waals surface area (Å²) in [5, 5.41) is 0. The average Bonchev–Trinajstić information content (AvgIpc) is 2.84. The van der Waals surface area contributed by atoms with Gasteiger partial charge in [0.15, 0.2) is 0 Å². The van der Waals surface area contributed by atoms with Crippen molar-refractivity contribution in [1.82, 2.24) is 6.15 Å². The molecule has 0 aromatic heterocycles. The third-order valence-electron chi connectivity index (χ3n) is 7.04. The second kappa shape index (κ2) is 31.0. The van der Waals surface area contributed by atoms with Crippen LogP contribution >= 0.6 is 0 Å². The molecule has 0 aromatic carbocycles.